The molecular weight excluding hydrogens is 544 g/mol. The molecule has 0 saturated carbocycles. The molecule has 4 rings (SSSR count). The average Bonchev–Trinajstić information content (AvgIpc) is 3.26. The molecule has 1 fully saturated rings. The van der Waals surface area contributed by atoms with Crippen LogP contribution in [0, 0.1) is 0 Å². The number of carbonyl (C=O) groups is 4. The van der Waals surface area contributed by atoms with Crippen molar-refractivity contribution in [2.24, 2.45) is 0 Å². The minimum absolute atomic E-state index is 0.000742. The quantitative estimate of drug-likeness (QED) is 0.218. The molecule has 0 aliphatic carbocycles. The lowest BCUT2D eigenvalue weighted by atomic mass is 9.97. The number of pyridine rings is 1. The van der Waals surface area contributed by atoms with Crippen molar-refractivity contribution >= 4 is 34.8 Å². The van der Waals surface area contributed by atoms with Crippen molar-refractivity contribution in [2.45, 2.75) is 57.0 Å². The van der Waals surface area contributed by atoms with Crippen LogP contribution in [0.15, 0.2) is 72.9 Å². The van der Waals surface area contributed by atoms with E-state index in [1.165, 1.54) is 0 Å². The van der Waals surface area contributed by atoms with Gasteiger partial charge >= 0.3 is 11.9 Å². The van der Waals surface area contributed by atoms with Gasteiger partial charge in [-0.15, -0.1) is 0 Å². The summed E-state index contributed by atoms with van der Waals surface area (Å²) in [7, 11) is 0. The highest BCUT2D eigenvalue weighted by molar-refractivity contribution is 8.16. The van der Waals surface area contributed by atoms with Crippen molar-refractivity contribution < 1.29 is 33.4 Å². The topological polar surface area (TPSA) is 121 Å². The van der Waals surface area contributed by atoms with E-state index < -0.39 is 21.9 Å². The van der Waals surface area contributed by atoms with Gasteiger partial charge < -0.3 is 14.2 Å². The third kappa shape index (κ3) is 7.94. The van der Waals surface area contributed by atoms with Crippen LogP contribution in [-0.4, -0.2) is 39.4 Å². The molecule has 1 aromatic heterocycles. The zero-order valence-corrected chi connectivity index (χ0v) is 23.8. The molecule has 10 heteroatoms. The fraction of sp³-hybridized carbons (Fsp3) is 0.323. The van der Waals surface area contributed by atoms with Gasteiger partial charge in [0, 0.05) is 36.7 Å². The number of amides is 2. The summed E-state index contributed by atoms with van der Waals surface area (Å²) in [5.74, 6) is -1.05. The van der Waals surface area contributed by atoms with E-state index in [1.54, 1.807) is 30.5 Å². The van der Waals surface area contributed by atoms with Gasteiger partial charge in [-0.2, -0.15) is 0 Å². The van der Waals surface area contributed by atoms with Crippen molar-refractivity contribution in [3.8, 4) is 5.75 Å². The van der Waals surface area contributed by atoms with Gasteiger partial charge in [0.05, 0.1) is 6.61 Å². The van der Waals surface area contributed by atoms with Gasteiger partial charge in [-0.05, 0) is 54.4 Å². The van der Waals surface area contributed by atoms with E-state index in [2.05, 4.69) is 10.3 Å². The Morgan fingerprint density at radius 2 is 1.76 bits per heavy atom. The third-order valence-electron chi connectivity index (χ3n) is 6.47. The minimum Gasteiger partial charge on any atom is -0.493 e. The first-order valence-corrected chi connectivity index (χ1v) is 14.2. The first kappa shape index (κ1) is 29.8. The number of hydrogen-bond donors (Lipinski definition) is 1. The van der Waals surface area contributed by atoms with Gasteiger partial charge in [-0.1, -0.05) is 55.5 Å². The number of imide groups is 1. The number of carbonyl (C=O) groups excluding carboxylic acids is 4. The molecule has 9 nitrogen and oxygen atoms in total. The van der Waals surface area contributed by atoms with Crippen LogP contribution in [0.5, 0.6) is 5.75 Å². The molecule has 214 valence electrons. The van der Waals surface area contributed by atoms with E-state index in [4.69, 9.17) is 14.2 Å². The number of thioether (sulfide) groups is 1. The molecule has 1 unspecified atom stereocenters. The molecule has 1 saturated heterocycles. The summed E-state index contributed by atoms with van der Waals surface area (Å²) in [5.41, 5.74) is 3.12. The van der Waals surface area contributed by atoms with Gasteiger partial charge in [0.15, 0.2) is 0 Å². The monoisotopic (exact) mass is 576 g/mol. The summed E-state index contributed by atoms with van der Waals surface area (Å²) >= 11 is 0.646. The highest BCUT2D eigenvalue weighted by Gasteiger charge is 2.55. The van der Waals surface area contributed by atoms with Crippen LogP contribution in [0.4, 0.5) is 4.79 Å². The first-order chi connectivity index (χ1) is 19.8. The lowest BCUT2D eigenvalue weighted by molar-refractivity contribution is -0.151. The lowest BCUT2D eigenvalue weighted by Crippen LogP contribution is -2.46. The summed E-state index contributed by atoms with van der Waals surface area (Å²) in [6.07, 6.45) is 3.04. The number of benzene rings is 2. The average molecular weight is 577 g/mol. The summed E-state index contributed by atoms with van der Waals surface area (Å²) in [4.78, 5) is 54.0. The molecule has 2 aromatic carbocycles. The Morgan fingerprint density at radius 1 is 1.00 bits per heavy atom. The molecule has 1 N–H and O–H groups in total. The zero-order valence-electron chi connectivity index (χ0n) is 23.0. The van der Waals surface area contributed by atoms with E-state index >= 15 is 0 Å². The molecule has 1 aliphatic heterocycles. The van der Waals surface area contributed by atoms with Gasteiger partial charge in [-0.25, -0.2) is 4.79 Å². The van der Waals surface area contributed by atoms with Crippen molar-refractivity contribution in [1.29, 1.82) is 0 Å². The number of ether oxygens (including phenoxy) is 3. The number of aromatic nitrogens is 1. The zero-order chi connectivity index (χ0) is 29.2. The molecule has 3 aromatic rings. The normalized spacial score (nSPS) is 17.0. The Labute approximate surface area is 243 Å². The predicted octanol–water partition coefficient (Wildman–Crippen LogP) is 5.12. The van der Waals surface area contributed by atoms with Gasteiger partial charge in [0.25, 0.3) is 11.1 Å². The molecule has 2 heterocycles. The van der Waals surface area contributed by atoms with E-state index in [0.717, 1.165) is 23.2 Å². The highest BCUT2D eigenvalue weighted by Crippen LogP contribution is 2.37. The summed E-state index contributed by atoms with van der Waals surface area (Å²) in [6.45, 7) is 4.13. The van der Waals surface area contributed by atoms with Crippen molar-refractivity contribution in [2.75, 3.05) is 6.61 Å². The standard InChI is InChI=1S/C31H32N2O7S/c1-3-7-27(34)40-21(2)24-12-13-25(32-19-24)16-17-38-26-14-10-22(11-15-26)18-31(28(35)33-30(37)41-31)29(36)39-20-23-8-5-4-6-9-23/h4-6,8-15,19,21H,3,7,16-18,20H2,1-2H3,(H,33,35,37)/t21-,31?/m0/s1. The smallest absolute Gasteiger partial charge is 0.333 e. The number of rotatable bonds is 13. The van der Waals surface area contributed by atoms with Crippen LogP contribution in [0.3, 0.4) is 0 Å². The maximum atomic E-state index is 13.1. The minimum atomic E-state index is -1.70. The van der Waals surface area contributed by atoms with Crippen LogP contribution < -0.4 is 10.1 Å². The fourth-order valence-electron chi connectivity index (χ4n) is 4.20. The summed E-state index contributed by atoms with van der Waals surface area (Å²) in [5, 5.41) is 1.63. The van der Waals surface area contributed by atoms with E-state index in [-0.39, 0.29) is 25.1 Å². The van der Waals surface area contributed by atoms with Gasteiger partial charge in [-0.3, -0.25) is 24.7 Å². The molecule has 1 aliphatic rings. The Kier molecular flexibility index (Phi) is 10.1. The first-order valence-electron chi connectivity index (χ1n) is 13.4. The van der Waals surface area contributed by atoms with Crippen molar-refractivity contribution in [3.63, 3.8) is 0 Å². The van der Waals surface area contributed by atoms with Gasteiger partial charge in [0.2, 0.25) is 4.75 Å². The largest absolute Gasteiger partial charge is 0.493 e. The Balaban J connectivity index is 1.30. The van der Waals surface area contributed by atoms with Crippen LogP contribution in [0.1, 0.15) is 55.2 Å². The number of nitrogens with zero attached hydrogens (tertiary/aromatic N) is 1. The maximum absolute atomic E-state index is 13.1. The Morgan fingerprint density at radius 3 is 2.39 bits per heavy atom. The molecule has 41 heavy (non-hydrogen) atoms. The molecule has 2 atom stereocenters. The van der Waals surface area contributed by atoms with Crippen LogP contribution in [0.2, 0.25) is 0 Å². The fourth-order valence-corrected chi connectivity index (χ4v) is 5.19. The second-order valence-electron chi connectivity index (χ2n) is 9.62. The number of hydrogen-bond acceptors (Lipinski definition) is 9. The predicted molar refractivity (Wildman–Crippen MR) is 153 cm³/mol. The van der Waals surface area contributed by atoms with E-state index in [0.29, 0.717) is 42.5 Å². The molecular formula is C31H32N2O7S. The summed E-state index contributed by atoms with van der Waals surface area (Å²) < 4.78 is 15.0. The SMILES string of the molecule is CCCC(=O)O[C@@H](C)c1ccc(CCOc2ccc(CC3(C(=O)OCc4ccccc4)SC(=O)NC3=O)cc2)nc1. The molecule has 0 spiro atoms. The van der Waals surface area contributed by atoms with Crippen molar-refractivity contribution in [3.05, 3.63) is 95.3 Å². The molecule has 2 amide bonds. The van der Waals surface area contributed by atoms with E-state index in [9.17, 15) is 19.2 Å². The number of nitrogens with one attached hydrogen (secondary N) is 1. The molecule has 0 bridgehead atoms. The van der Waals surface area contributed by atoms with Crippen molar-refractivity contribution in [1.82, 2.24) is 10.3 Å². The summed E-state index contributed by atoms with van der Waals surface area (Å²) in [6, 6.07) is 19.9. The second-order valence-corrected chi connectivity index (χ2v) is 10.9. The van der Waals surface area contributed by atoms with E-state index in [1.807, 2.05) is 56.3 Å². The lowest BCUT2D eigenvalue weighted by Gasteiger charge is -2.22. The number of esters is 2. The molecule has 0 radical (unpaired) electrons. The highest BCUT2D eigenvalue weighted by atomic mass is 32.2. The second kappa shape index (κ2) is 13.9. The van der Waals surface area contributed by atoms with Crippen LogP contribution in [-0.2, 0) is 43.3 Å². The van der Waals surface area contributed by atoms with Gasteiger partial charge in [0.1, 0.15) is 18.5 Å². The Hall–Kier alpha value is -4.18. The third-order valence-corrected chi connectivity index (χ3v) is 7.61. The maximum Gasteiger partial charge on any atom is 0.333 e. The Bertz CT molecular complexity index is 1360. The van der Waals surface area contributed by atoms with Crippen LogP contribution >= 0.6 is 11.8 Å². The van der Waals surface area contributed by atoms with Crippen LogP contribution in [0.25, 0.3) is 0 Å².